The second-order valence-corrected chi connectivity index (χ2v) is 10.2. The Hall–Kier alpha value is -3.13. The van der Waals surface area contributed by atoms with Crippen molar-refractivity contribution >= 4 is 22.0 Å². The van der Waals surface area contributed by atoms with Crippen molar-refractivity contribution in [3.05, 3.63) is 111 Å². The fraction of sp³-hybridized carbons (Fsp3) is 0.276. The van der Waals surface area contributed by atoms with Crippen LogP contribution in [0.15, 0.2) is 83.3 Å². The average Bonchev–Trinajstić information content (AvgIpc) is 3.34. The summed E-state index contributed by atoms with van der Waals surface area (Å²) >= 11 is 3.67. The van der Waals surface area contributed by atoms with Crippen LogP contribution in [0.25, 0.3) is 11.8 Å². The highest BCUT2D eigenvalue weighted by Gasteiger charge is 2.31. The highest BCUT2D eigenvalue weighted by Crippen LogP contribution is 2.32. The lowest BCUT2D eigenvalue weighted by atomic mass is 10.0. The molecule has 0 spiro atoms. The van der Waals surface area contributed by atoms with E-state index in [0.717, 1.165) is 59.8 Å². The van der Waals surface area contributed by atoms with Gasteiger partial charge in [-0.3, -0.25) is 9.80 Å². The number of para-hydroxylation sites is 1. The first-order valence-corrected chi connectivity index (χ1v) is 13.2. The van der Waals surface area contributed by atoms with Gasteiger partial charge in [-0.25, -0.2) is 0 Å². The molecule has 0 amide bonds. The summed E-state index contributed by atoms with van der Waals surface area (Å²) in [5.74, 6) is 0.850. The normalized spacial score (nSPS) is 16.0. The van der Waals surface area contributed by atoms with Crippen LogP contribution in [-0.2, 0) is 0 Å². The molecular weight excluding hydrogens is 512 g/mol. The van der Waals surface area contributed by atoms with Gasteiger partial charge in [-0.1, -0.05) is 88.7 Å². The molecule has 1 aromatic heterocycles. The summed E-state index contributed by atoms with van der Waals surface area (Å²) in [7, 11) is 0. The number of tetrazole rings is 1. The second kappa shape index (κ2) is 11.3. The largest absolute Gasteiger partial charge is 0.297 e. The van der Waals surface area contributed by atoms with Gasteiger partial charge in [0.2, 0.25) is 0 Å². The molecule has 7 heteroatoms. The molecule has 4 aromatic rings. The summed E-state index contributed by atoms with van der Waals surface area (Å²) in [6.45, 7) is 9.05. The molecule has 0 saturated carbocycles. The van der Waals surface area contributed by atoms with Crippen LogP contribution in [0, 0.1) is 13.8 Å². The van der Waals surface area contributed by atoms with Gasteiger partial charge < -0.3 is 0 Å². The lowest BCUT2D eigenvalue weighted by Crippen LogP contribution is -2.48. The van der Waals surface area contributed by atoms with E-state index >= 15 is 0 Å². The summed E-state index contributed by atoms with van der Waals surface area (Å²) in [4.78, 5) is 5.01. The smallest absolute Gasteiger partial charge is 0.178 e. The highest BCUT2D eigenvalue weighted by atomic mass is 79.9. The minimum absolute atomic E-state index is 0.0430. The number of piperazine rings is 1. The Labute approximate surface area is 221 Å². The minimum atomic E-state index is -0.0430. The molecular formula is C29H31BrN6. The predicted octanol–water partition coefficient (Wildman–Crippen LogP) is 5.46. The minimum Gasteiger partial charge on any atom is -0.297 e. The molecule has 36 heavy (non-hydrogen) atoms. The summed E-state index contributed by atoms with van der Waals surface area (Å²) in [5.41, 5.74) is 5.80. The van der Waals surface area contributed by atoms with Crippen LogP contribution in [0.2, 0.25) is 0 Å². The van der Waals surface area contributed by atoms with Gasteiger partial charge >= 0.3 is 0 Å². The molecule has 0 unspecified atom stereocenters. The second-order valence-electron chi connectivity index (χ2n) is 9.30. The number of hydrogen-bond donors (Lipinski definition) is 0. The molecule has 2 heterocycles. The molecule has 184 valence electrons. The summed E-state index contributed by atoms with van der Waals surface area (Å²) in [6.07, 6.45) is 4.47. The number of nitrogens with zero attached hydrogens (tertiary/aromatic N) is 6. The topological polar surface area (TPSA) is 50.1 Å². The van der Waals surface area contributed by atoms with Gasteiger partial charge in [-0.2, -0.15) is 4.68 Å². The average molecular weight is 544 g/mol. The molecule has 3 aromatic carbocycles. The monoisotopic (exact) mass is 542 g/mol. The molecule has 0 aliphatic carbocycles. The maximum atomic E-state index is 4.58. The number of halogens is 1. The van der Waals surface area contributed by atoms with E-state index in [0.29, 0.717) is 0 Å². The fourth-order valence-electron chi connectivity index (χ4n) is 4.97. The first kappa shape index (κ1) is 24.6. The van der Waals surface area contributed by atoms with Crippen LogP contribution in [0.4, 0.5) is 0 Å². The lowest BCUT2D eigenvalue weighted by Gasteiger charge is -2.38. The van der Waals surface area contributed by atoms with Gasteiger partial charge in [0.1, 0.15) is 0 Å². The summed E-state index contributed by atoms with van der Waals surface area (Å²) in [6, 6.07) is 25.2. The zero-order valence-electron chi connectivity index (χ0n) is 20.8. The molecule has 1 fully saturated rings. The van der Waals surface area contributed by atoms with Crippen molar-refractivity contribution in [2.24, 2.45) is 0 Å². The Balaban J connectivity index is 1.39. The van der Waals surface area contributed by atoms with Crippen molar-refractivity contribution in [2.45, 2.75) is 19.9 Å². The molecule has 6 nitrogen and oxygen atoms in total. The van der Waals surface area contributed by atoms with Crippen LogP contribution in [-0.4, -0.2) is 62.7 Å². The van der Waals surface area contributed by atoms with E-state index in [-0.39, 0.29) is 6.04 Å². The Morgan fingerprint density at radius 2 is 1.61 bits per heavy atom. The molecule has 1 saturated heterocycles. The Bertz CT molecular complexity index is 1300. The van der Waals surface area contributed by atoms with Crippen molar-refractivity contribution < 1.29 is 0 Å². The predicted molar refractivity (Wildman–Crippen MR) is 148 cm³/mol. The molecule has 1 aliphatic heterocycles. The lowest BCUT2D eigenvalue weighted by molar-refractivity contribution is 0.113. The quantitative estimate of drug-likeness (QED) is 0.310. The van der Waals surface area contributed by atoms with Crippen LogP contribution < -0.4 is 0 Å². The number of hydrogen-bond acceptors (Lipinski definition) is 5. The Morgan fingerprint density at radius 1 is 0.889 bits per heavy atom. The van der Waals surface area contributed by atoms with Gasteiger partial charge in [0.05, 0.1) is 11.7 Å². The van der Waals surface area contributed by atoms with E-state index in [4.69, 9.17) is 0 Å². The van der Waals surface area contributed by atoms with Crippen molar-refractivity contribution in [1.82, 2.24) is 30.0 Å². The Kier molecular flexibility index (Phi) is 7.70. The third-order valence-electron chi connectivity index (χ3n) is 6.80. The van der Waals surface area contributed by atoms with Crippen molar-refractivity contribution in [3.63, 3.8) is 0 Å². The number of rotatable bonds is 7. The maximum absolute atomic E-state index is 4.58. The summed E-state index contributed by atoms with van der Waals surface area (Å²) in [5, 5.41) is 13.2. The van der Waals surface area contributed by atoms with E-state index < -0.39 is 0 Å². The van der Waals surface area contributed by atoms with E-state index in [2.05, 4.69) is 140 Å². The third-order valence-corrected chi connectivity index (χ3v) is 7.29. The zero-order valence-corrected chi connectivity index (χ0v) is 22.3. The van der Waals surface area contributed by atoms with Crippen LogP contribution in [0.5, 0.6) is 0 Å². The van der Waals surface area contributed by atoms with E-state index in [1.165, 1.54) is 11.1 Å². The SMILES string of the molecule is Cc1cccc(C)c1-n1nnnc1[C@@H](c1cccc(Br)c1)N1CCN(CC=Cc2ccccc2)CC1. The number of benzene rings is 3. The van der Waals surface area contributed by atoms with Crippen molar-refractivity contribution in [2.75, 3.05) is 32.7 Å². The molecule has 1 aliphatic rings. The van der Waals surface area contributed by atoms with E-state index in [9.17, 15) is 0 Å². The van der Waals surface area contributed by atoms with E-state index in [1.807, 2.05) is 4.68 Å². The third kappa shape index (κ3) is 5.48. The van der Waals surface area contributed by atoms with Gasteiger partial charge in [0.25, 0.3) is 0 Å². The van der Waals surface area contributed by atoms with Crippen LogP contribution in [0.1, 0.15) is 34.1 Å². The first-order valence-electron chi connectivity index (χ1n) is 12.4. The molecule has 0 radical (unpaired) electrons. The molecule has 0 N–H and O–H groups in total. The fourth-order valence-corrected chi connectivity index (χ4v) is 5.39. The summed E-state index contributed by atoms with van der Waals surface area (Å²) < 4.78 is 2.99. The number of aryl methyl sites for hydroxylation is 2. The van der Waals surface area contributed by atoms with Crippen LogP contribution in [0.3, 0.4) is 0 Å². The highest BCUT2D eigenvalue weighted by molar-refractivity contribution is 9.10. The van der Waals surface area contributed by atoms with E-state index in [1.54, 1.807) is 0 Å². The van der Waals surface area contributed by atoms with Crippen molar-refractivity contribution in [3.8, 4) is 5.69 Å². The maximum Gasteiger partial charge on any atom is 0.178 e. The van der Waals surface area contributed by atoms with Gasteiger partial charge in [0.15, 0.2) is 5.82 Å². The molecule has 0 bridgehead atoms. The van der Waals surface area contributed by atoms with Gasteiger partial charge in [0, 0.05) is 37.2 Å². The van der Waals surface area contributed by atoms with Crippen LogP contribution >= 0.6 is 15.9 Å². The van der Waals surface area contributed by atoms with Gasteiger partial charge in [-0.05, 0) is 58.7 Å². The van der Waals surface area contributed by atoms with Crippen molar-refractivity contribution in [1.29, 1.82) is 0 Å². The molecule has 1 atom stereocenters. The van der Waals surface area contributed by atoms with Gasteiger partial charge in [-0.15, -0.1) is 5.10 Å². The Morgan fingerprint density at radius 3 is 2.33 bits per heavy atom. The molecule has 5 rings (SSSR count). The first-order chi connectivity index (χ1) is 17.6. The zero-order chi connectivity index (χ0) is 24.9. The standard InChI is InChI=1S/C29H31BrN6/c1-22-9-6-10-23(2)27(22)36-29(31-32-33-36)28(25-14-7-15-26(30)21-25)35-19-17-34(18-20-35)16-8-13-24-11-4-3-5-12-24/h3-15,21,28H,16-20H2,1-2H3/t28-/m1/s1. The number of aromatic nitrogens is 4.